The molecule has 0 amide bonds. The largest absolute Gasteiger partial charge is 0.224 e. The van der Waals surface area contributed by atoms with Crippen LogP contribution in [0.3, 0.4) is 0 Å². The molecular formula is C10H10F2O2S. The molecule has 0 N–H and O–H groups in total. The minimum absolute atomic E-state index is 0.0398. The summed E-state index contributed by atoms with van der Waals surface area (Å²) in [4.78, 5) is -0.131. The third kappa shape index (κ3) is 2.34. The SMILES string of the molecule is O=S(=O)(CC1CC1)c1ccc(F)c(F)c1. The Morgan fingerprint density at radius 3 is 2.40 bits per heavy atom. The van der Waals surface area contributed by atoms with Crippen LogP contribution in [0.5, 0.6) is 0 Å². The molecule has 82 valence electrons. The minimum Gasteiger partial charge on any atom is -0.224 e. The normalized spacial score (nSPS) is 16.7. The van der Waals surface area contributed by atoms with E-state index < -0.39 is 21.5 Å². The van der Waals surface area contributed by atoms with Crippen molar-refractivity contribution in [3.8, 4) is 0 Å². The van der Waals surface area contributed by atoms with Gasteiger partial charge in [-0.25, -0.2) is 17.2 Å². The van der Waals surface area contributed by atoms with Crippen LogP contribution in [-0.4, -0.2) is 14.2 Å². The Bertz CT molecular complexity index is 478. The molecule has 2 rings (SSSR count). The van der Waals surface area contributed by atoms with Gasteiger partial charge in [0.05, 0.1) is 10.6 Å². The molecule has 2 nitrogen and oxygen atoms in total. The summed E-state index contributed by atoms with van der Waals surface area (Å²) in [5, 5.41) is 0. The number of benzene rings is 1. The summed E-state index contributed by atoms with van der Waals surface area (Å²) in [5.41, 5.74) is 0. The number of halogens is 2. The van der Waals surface area contributed by atoms with Gasteiger partial charge in [0.25, 0.3) is 0 Å². The molecule has 0 saturated heterocycles. The van der Waals surface area contributed by atoms with E-state index in [1.807, 2.05) is 0 Å². The van der Waals surface area contributed by atoms with Gasteiger partial charge in [0, 0.05) is 0 Å². The van der Waals surface area contributed by atoms with Gasteiger partial charge in [0.1, 0.15) is 0 Å². The van der Waals surface area contributed by atoms with Crippen molar-refractivity contribution in [2.45, 2.75) is 17.7 Å². The van der Waals surface area contributed by atoms with Gasteiger partial charge in [-0.2, -0.15) is 0 Å². The van der Waals surface area contributed by atoms with E-state index in [1.54, 1.807) is 0 Å². The van der Waals surface area contributed by atoms with Crippen LogP contribution in [0.2, 0.25) is 0 Å². The lowest BCUT2D eigenvalue weighted by atomic mass is 10.3. The molecule has 15 heavy (non-hydrogen) atoms. The average molecular weight is 232 g/mol. The molecule has 0 radical (unpaired) electrons. The van der Waals surface area contributed by atoms with Crippen LogP contribution in [-0.2, 0) is 9.84 Å². The Morgan fingerprint density at radius 2 is 1.87 bits per heavy atom. The summed E-state index contributed by atoms with van der Waals surface area (Å²) in [5.74, 6) is -1.91. The smallest absolute Gasteiger partial charge is 0.178 e. The summed E-state index contributed by atoms with van der Waals surface area (Å²) >= 11 is 0. The molecule has 0 heterocycles. The Morgan fingerprint density at radius 1 is 1.20 bits per heavy atom. The van der Waals surface area contributed by atoms with E-state index in [0.717, 1.165) is 31.0 Å². The van der Waals surface area contributed by atoms with E-state index in [-0.39, 0.29) is 16.6 Å². The Balaban J connectivity index is 2.31. The van der Waals surface area contributed by atoms with Crippen LogP contribution >= 0.6 is 0 Å². The van der Waals surface area contributed by atoms with Crippen molar-refractivity contribution in [2.75, 3.05) is 5.75 Å². The highest BCUT2D eigenvalue weighted by molar-refractivity contribution is 7.91. The highest BCUT2D eigenvalue weighted by atomic mass is 32.2. The number of sulfone groups is 1. The third-order valence-electron chi connectivity index (χ3n) is 2.40. The highest BCUT2D eigenvalue weighted by Crippen LogP contribution is 2.32. The van der Waals surface area contributed by atoms with Gasteiger partial charge in [0.2, 0.25) is 0 Å². The van der Waals surface area contributed by atoms with E-state index in [4.69, 9.17) is 0 Å². The zero-order chi connectivity index (χ0) is 11.1. The first-order chi connectivity index (χ1) is 6.99. The molecule has 5 heteroatoms. The predicted octanol–water partition coefficient (Wildman–Crippen LogP) is 2.15. The van der Waals surface area contributed by atoms with Gasteiger partial charge in [0.15, 0.2) is 21.5 Å². The molecule has 1 aromatic carbocycles. The summed E-state index contributed by atoms with van der Waals surface area (Å²) in [6.07, 6.45) is 1.81. The summed E-state index contributed by atoms with van der Waals surface area (Å²) in [6, 6.07) is 2.69. The Hall–Kier alpha value is -0.970. The van der Waals surface area contributed by atoms with Gasteiger partial charge in [-0.3, -0.25) is 0 Å². The number of hydrogen-bond donors (Lipinski definition) is 0. The van der Waals surface area contributed by atoms with Crippen molar-refractivity contribution in [3.05, 3.63) is 29.8 Å². The van der Waals surface area contributed by atoms with Gasteiger partial charge < -0.3 is 0 Å². The van der Waals surface area contributed by atoms with Crippen LogP contribution in [0.25, 0.3) is 0 Å². The molecule has 1 fully saturated rings. The minimum atomic E-state index is -3.44. The molecule has 1 aliphatic rings. The topological polar surface area (TPSA) is 34.1 Å². The van der Waals surface area contributed by atoms with E-state index >= 15 is 0 Å². The van der Waals surface area contributed by atoms with Crippen LogP contribution in [0.4, 0.5) is 8.78 Å². The zero-order valence-corrected chi connectivity index (χ0v) is 8.73. The lowest BCUT2D eigenvalue weighted by Crippen LogP contribution is -2.08. The second-order valence-electron chi connectivity index (χ2n) is 3.80. The second-order valence-corrected chi connectivity index (χ2v) is 5.83. The zero-order valence-electron chi connectivity index (χ0n) is 7.91. The second kappa shape index (κ2) is 3.56. The van der Waals surface area contributed by atoms with Crippen molar-refractivity contribution in [3.63, 3.8) is 0 Å². The fourth-order valence-corrected chi connectivity index (χ4v) is 3.07. The highest BCUT2D eigenvalue weighted by Gasteiger charge is 2.29. The monoisotopic (exact) mass is 232 g/mol. The maximum Gasteiger partial charge on any atom is 0.178 e. The predicted molar refractivity (Wildman–Crippen MR) is 51.1 cm³/mol. The summed E-state index contributed by atoms with van der Waals surface area (Å²) in [7, 11) is -3.44. The molecule has 0 aliphatic heterocycles. The van der Waals surface area contributed by atoms with E-state index in [9.17, 15) is 17.2 Å². The molecular weight excluding hydrogens is 222 g/mol. The van der Waals surface area contributed by atoms with E-state index in [2.05, 4.69) is 0 Å². The fourth-order valence-electron chi connectivity index (χ4n) is 1.36. The molecule has 0 spiro atoms. The van der Waals surface area contributed by atoms with Gasteiger partial charge in [-0.1, -0.05) is 0 Å². The van der Waals surface area contributed by atoms with Gasteiger partial charge >= 0.3 is 0 Å². The van der Waals surface area contributed by atoms with Crippen molar-refractivity contribution in [2.24, 2.45) is 5.92 Å². The standard InChI is InChI=1S/C10H10F2O2S/c11-9-4-3-8(5-10(9)12)15(13,14)6-7-1-2-7/h3-5,7H,1-2,6H2. The first-order valence-corrected chi connectivity index (χ1v) is 6.32. The van der Waals surface area contributed by atoms with E-state index in [1.165, 1.54) is 0 Å². The Labute approximate surface area is 86.8 Å². The summed E-state index contributed by atoms with van der Waals surface area (Å²) < 4.78 is 48.7. The lowest BCUT2D eigenvalue weighted by Gasteiger charge is -2.03. The molecule has 0 aromatic heterocycles. The maximum absolute atomic E-state index is 12.8. The first kappa shape index (κ1) is 10.5. The van der Waals surface area contributed by atoms with Crippen LogP contribution < -0.4 is 0 Å². The van der Waals surface area contributed by atoms with E-state index in [0.29, 0.717) is 0 Å². The van der Waals surface area contributed by atoms with Crippen LogP contribution in [0.15, 0.2) is 23.1 Å². The average Bonchev–Trinajstić information content (AvgIpc) is 2.92. The Kier molecular flexibility index (Phi) is 2.50. The van der Waals surface area contributed by atoms with Crippen LogP contribution in [0, 0.1) is 17.6 Å². The summed E-state index contributed by atoms with van der Waals surface area (Å²) in [6.45, 7) is 0. The van der Waals surface area contributed by atoms with Gasteiger partial charge in [-0.05, 0) is 37.0 Å². The molecule has 0 bridgehead atoms. The first-order valence-electron chi connectivity index (χ1n) is 4.67. The molecule has 0 unspecified atom stereocenters. The number of hydrogen-bond acceptors (Lipinski definition) is 2. The van der Waals surface area contributed by atoms with Crippen molar-refractivity contribution >= 4 is 9.84 Å². The lowest BCUT2D eigenvalue weighted by molar-refractivity contribution is 0.504. The van der Waals surface area contributed by atoms with Gasteiger partial charge in [-0.15, -0.1) is 0 Å². The quantitative estimate of drug-likeness (QED) is 0.748. The number of rotatable bonds is 3. The third-order valence-corrected chi connectivity index (χ3v) is 4.28. The maximum atomic E-state index is 12.8. The van der Waals surface area contributed by atoms with Crippen molar-refractivity contribution in [1.29, 1.82) is 0 Å². The fraction of sp³-hybridized carbons (Fsp3) is 0.400. The molecule has 1 aromatic rings. The van der Waals surface area contributed by atoms with Crippen LogP contribution in [0.1, 0.15) is 12.8 Å². The van der Waals surface area contributed by atoms with Crippen molar-refractivity contribution < 1.29 is 17.2 Å². The molecule has 0 atom stereocenters. The molecule has 1 aliphatic carbocycles. The molecule has 1 saturated carbocycles. The van der Waals surface area contributed by atoms with Crippen molar-refractivity contribution in [1.82, 2.24) is 0 Å².